The van der Waals surface area contributed by atoms with Gasteiger partial charge < -0.3 is 10.6 Å². The number of halogens is 1. The van der Waals surface area contributed by atoms with E-state index in [0.717, 1.165) is 17.3 Å². The highest BCUT2D eigenvalue weighted by atomic mass is 79.9. The quantitative estimate of drug-likeness (QED) is 0.883. The van der Waals surface area contributed by atoms with Crippen molar-refractivity contribution < 1.29 is 0 Å². The Balaban J connectivity index is 2.22. The molecule has 106 valence electrons. The van der Waals surface area contributed by atoms with Crippen LogP contribution in [0.15, 0.2) is 22.7 Å². The van der Waals surface area contributed by atoms with Crippen molar-refractivity contribution in [3.05, 3.63) is 28.2 Å². The van der Waals surface area contributed by atoms with Gasteiger partial charge in [0.25, 0.3) is 0 Å². The lowest BCUT2D eigenvalue weighted by Crippen LogP contribution is -2.31. The monoisotopic (exact) mass is 324 g/mol. The molecule has 0 aromatic heterocycles. The molecule has 0 radical (unpaired) electrons. The Kier molecular flexibility index (Phi) is 5.28. The lowest BCUT2D eigenvalue weighted by atomic mass is 10.0. The first kappa shape index (κ1) is 14.9. The number of hydrogen-bond donors (Lipinski definition) is 1. The number of nitrogens with two attached hydrogens (primary N) is 1. The zero-order valence-electron chi connectivity index (χ0n) is 12.0. The molecule has 2 N–H and O–H groups in total. The second kappa shape index (κ2) is 6.76. The number of benzene rings is 1. The van der Waals surface area contributed by atoms with Gasteiger partial charge in [0.15, 0.2) is 0 Å². The first-order valence-electron chi connectivity index (χ1n) is 7.38. The highest BCUT2D eigenvalue weighted by Gasteiger charge is 2.22. The third-order valence-electron chi connectivity index (χ3n) is 4.31. The fourth-order valence-electron chi connectivity index (χ4n) is 2.95. The Bertz CT molecular complexity index is 413. The van der Waals surface area contributed by atoms with Crippen molar-refractivity contribution in [3.8, 4) is 0 Å². The van der Waals surface area contributed by atoms with Gasteiger partial charge in [-0.25, -0.2) is 0 Å². The lowest BCUT2D eigenvalue weighted by molar-refractivity contribution is 0.629. The molecule has 1 aromatic rings. The first-order chi connectivity index (χ1) is 9.11. The molecule has 2 nitrogen and oxygen atoms in total. The van der Waals surface area contributed by atoms with Crippen LogP contribution in [0.2, 0.25) is 0 Å². The van der Waals surface area contributed by atoms with Crippen LogP contribution in [0.5, 0.6) is 0 Å². The molecular formula is C16H25BrN2. The van der Waals surface area contributed by atoms with Crippen LogP contribution in [0, 0.1) is 0 Å². The van der Waals surface area contributed by atoms with E-state index in [1.807, 2.05) is 0 Å². The predicted octanol–water partition coefficient (Wildman–Crippen LogP) is 4.11. The van der Waals surface area contributed by atoms with Crippen LogP contribution in [0.1, 0.15) is 44.6 Å². The van der Waals surface area contributed by atoms with Gasteiger partial charge in [0, 0.05) is 29.3 Å². The van der Waals surface area contributed by atoms with Crippen molar-refractivity contribution in [1.29, 1.82) is 0 Å². The fraction of sp³-hybridized carbons (Fsp3) is 0.625. The molecule has 2 rings (SSSR count). The molecule has 0 heterocycles. The maximum atomic E-state index is 6.14. The zero-order valence-corrected chi connectivity index (χ0v) is 13.6. The van der Waals surface area contributed by atoms with E-state index < -0.39 is 0 Å². The largest absolute Gasteiger partial charge is 0.371 e. The van der Waals surface area contributed by atoms with E-state index in [1.165, 1.54) is 36.9 Å². The predicted molar refractivity (Wildman–Crippen MR) is 86.8 cm³/mol. The minimum Gasteiger partial charge on any atom is -0.371 e. The van der Waals surface area contributed by atoms with E-state index in [0.29, 0.717) is 6.04 Å². The normalized spacial score (nSPS) is 17.7. The van der Waals surface area contributed by atoms with Gasteiger partial charge in [-0.3, -0.25) is 0 Å². The standard InChI is InChI=1S/C16H25BrN2/c1-3-14(18)10-12-8-9-13(17)11-16(12)19(2)15-6-4-5-7-15/h8-9,11,14-15H,3-7,10,18H2,1-2H3. The van der Waals surface area contributed by atoms with Crippen LogP contribution in [0.4, 0.5) is 5.69 Å². The minimum absolute atomic E-state index is 0.261. The number of nitrogens with zero attached hydrogens (tertiary/aromatic N) is 1. The van der Waals surface area contributed by atoms with Crippen LogP contribution >= 0.6 is 15.9 Å². The topological polar surface area (TPSA) is 29.3 Å². The second-order valence-corrected chi connectivity index (χ2v) is 6.61. The van der Waals surface area contributed by atoms with Crippen molar-refractivity contribution in [2.75, 3.05) is 11.9 Å². The van der Waals surface area contributed by atoms with E-state index in [2.05, 4.69) is 53.0 Å². The van der Waals surface area contributed by atoms with Crippen molar-refractivity contribution in [2.45, 2.75) is 57.5 Å². The van der Waals surface area contributed by atoms with E-state index in [-0.39, 0.29) is 6.04 Å². The Hall–Kier alpha value is -0.540. The molecule has 0 spiro atoms. The highest BCUT2D eigenvalue weighted by molar-refractivity contribution is 9.10. The van der Waals surface area contributed by atoms with Gasteiger partial charge in [0.2, 0.25) is 0 Å². The van der Waals surface area contributed by atoms with Crippen LogP contribution in [0.3, 0.4) is 0 Å². The number of rotatable bonds is 5. The van der Waals surface area contributed by atoms with Crippen LogP contribution in [-0.4, -0.2) is 19.1 Å². The van der Waals surface area contributed by atoms with Gasteiger partial charge in [0.05, 0.1) is 0 Å². The summed E-state index contributed by atoms with van der Waals surface area (Å²) in [5.41, 5.74) is 8.87. The third-order valence-corrected chi connectivity index (χ3v) is 4.80. The van der Waals surface area contributed by atoms with Crippen molar-refractivity contribution in [3.63, 3.8) is 0 Å². The summed E-state index contributed by atoms with van der Waals surface area (Å²) >= 11 is 3.60. The summed E-state index contributed by atoms with van der Waals surface area (Å²) in [6.07, 6.45) is 7.38. The number of anilines is 1. The van der Waals surface area contributed by atoms with Gasteiger partial charge in [-0.1, -0.05) is 41.8 Å². The molecule has 3 heteroatoms. The molecular weight excluding hydrogens is 300 g/mol. The van der Waals surface area contributed by atoms with E-state index >= 15 is 0 Å². The Labute approximate surface area is 125 Å². The molecule has 1 aromatic carbocycles. The van der Waals surface area contributed by atoms with Gasteiger partial charge in [0.1, 0.15) is 0 Å². The molecule has 0 aliphatic heterocycles. The molecule has 1 fully saturated rings. The Morgan fingerprint density at radius 2 is 2.05 bits per heavy atom. The maximum Gasteiger partial charge on any atom is 0.0410 e. The second-order valence-electron chi connectivity index (χ2n) is 5.69. The maximum absolute atomic E-state index is 6.14. The third kappa shape index (κ3) is 3.73. The van der Waals surface area contributed by atoms with Gasteiger partial charge >= 0.3 is 0 Å². The van der Waals surface area contributed by atoms with Crippen LogP contribution < -0.4 is 10.6 Å². The molecule has 1 atom stereocenters. The summed E-state index contributed by atoms with van der Waals surface area (Å²) < 4.78 is 1.15. The van der Waals surface area contributed by atoms with Crippen LogP contribution in [-0.2, 0) is 6.42 Å². The average Bonchev–Trinajstić information content (AvgIpc) is 2.93. The summed E-state index contributed by atoms with van der Waals surface area (Å²) in [5.74, 6) is 0. The molecule has 1 saturated carbocycles. The molecule has 1 unspecified atom stereocenters. The summed E-state index contributed by atoms with van der Waals surface area (Å²) in [6, 6.07) is 7.56. The Morgan fingerprint density at radius 3 is 2.68 bits per heavy atom. The molecule has 1 aliphatic rings. The fourth-order valence-corrected chi connectivity index (χ4v) is 3.30. The smallest absolute Gasteiger partial charge is 0.0410 e. The lowest BCUT2D eigenvalue weighted by Gasteiger charge is -2.29. The van der Waals surface area contributed by atoms with Gasteiger partial charge in [-0.05, 0) is 43.4 Å². The van der Waals surface area contributed by atoms with E-state index in [4.69, 9.17) is 5.73 Å². The van der Waals surface area contributed by atoms with E-state index in [9.17, 15) is 0 Å². The highest BCUT2D eigenvalue weighted by Crippen LogP contribution is 2.31. The Morgan fingerprint density at radius 1 is 1.37 bits per heavy atom. The number of hydrogen-bond acceptors (Lipinski definition) is 2. The molecule has 0 bridgehead atoms. The minimum atomic E-state index is 0.261. The van der Waals surface area contributed by atoms with Crippen molar-refractivity contribution >= 4 is 21.6 Å². The first-order valence-corrected chi connectivity index (χ1v) is 8.18. The zero-order chi connectivity index (χ0) is 13.8. The summed E-state index contributed by atoms with van der Waals surface area (Å²) in [5, 5.41) is 0. The SMILES string of the molecule is CCC(N)Cc1ccc(Br)cc1N(C)C1CCCC1. The van der Waals surface area contributed by atoms with Gasteiger partial charge in [-0.2, -0.15) is 0 Å². The molecule has 1 aliphatic carbocycles. The molecule has 0 amide bonds. The average molecular weight is 325 g/mol. The summed E-state index contributed by atoms with van der Waals surface area (Å²) in [7, 11) is 2.23. The van der Waals surface area contributed by atoms with Crippen LogP contribution in [0.25, 0.3) is 0 Å². The van der Waals surface area contributed by atoms with Gasteiger partial charge in [-0.15, -0.1) is 0 Å². The van der Waals surface area contributed by atoms with E-state index in [1.54, 1.807) is 0 Å². The summed E-state index contributed by atoms with van der Waals surface area (Å²) in [4.78, 5) is 2.47. The molecule has 0 saturated heterocycles. The summed E-state index contributed by atoms with van der Waals surface area (Å²) in [6.45, 7) is 2.16. The van der Waals surface area contributed by atoms with Crippen molar-refractivity contribution in [1.82, 2.24) is 0 Å². The molecule has 19 heavy (non-hydrogen) atoms. The van der Waals surface area contributed by atoms with Crippen molar-refractivity contribution in [2.24, 2.45) is 5.73 Å².